The van der Waals surface area contributed by atoms with Crippen LogP contribution in [-0.2, 0) is 33.2 Å². The normalized spacial score (nSPS) is 52.9. The third-order valence-electron chi connectivity index (χ3n) is 8.17. The van der Waals surface area contributed by atoms with E-state index >= 15 is 0 Å². The second kappa shape index (κ2) is 15.6. The average molecular weight is 667 g/mol. The Morgan fingerprint density at radius 1 is 0.378 bits per heavy atom. The van der Waals surface area contributed by atoms with E-state index in [9.17, 15) is 71.5 Å². The van der Waals surface area contributed by atoms with Crippen LogP contribution >= 0.6 is 0 Å². The van der Waals surface area contributed by atoms with Crippen molar-refractivity contribution in [1.82, 2.24) is 0 Å². The molecule has 0 bridgehead atoms. The lowest BCUT2D eigenvalue weighted by Crippen LogP contribution is -2.65. The summed E-state index contributed by atoms with van der Waals surface area (Å²) in [6.07, 6.45) is -34.9. The van der Waals surface area contributed by atoms with Crippen molar-refractivity contribution in [1.29, 1.82) is 0 Å². The van der Waals surface area contributed by atoms with Crippen LogP contribution in [0.5, 0.6) is 0 Å². The zero-order valence-electron chi connectivity index (χ0n) is 23.5. The fraction of sp³-hybridized carbons (Fsp3) is 1.00. The van der Waals surface area contributed by atoms with Gasteiger partial charge in [0.1, 0.15) is 97.7 Å². The predicted octanol–water partition coefficient (Wildman–Crippen LogP) is -9.75. The molecule has 0 aromatic heterocycles. The minimum absolute atomic E-state index is 0.692. The average Bonchev–Trinajstić information content (AvgIpc) is 3.02. The molecule has 4 heterocycles. The first-order valence-corrected chi connectivity index (χ1v) is 14.1. The molecule has 45 heavy (non-hydrogen) atoms. The molecule has 0 radical (unpaired) electrons. The highest BCUT2D eigenvalue weighted by Gasteiger charge is 2.52. The standard InChI is InChI=1S/C24H42O21/c25-1-5-9(27)12(30)17(35)22(42-5)39-3-7-11(29)14(32)19(37)24(44-7)45-20-8(41-21(38)16(34)15(20)33)4-40-23-18(36)13(31)10(28)6(2-26)43-23/h5-38H,1-4H2/t5-,6+,7+,8+,9-,10+,11+,12+,13+,14+,15-,16-,17-,18-,19-,20+,21-,22-,23+,24-/m0/s1. The highest BCUT2D eigenvalue weighted by Crippen LogP contribution is 2.31. The first-order chi connectivity index (χ1) is 21.2. The molecule has 0 aliphatic carbocycles. The van der Waals surface area contributed by atoms with Crippen molar-refractivity contribution >= 4 is 0 Å². The predicted molar refractivity (Wildman–Crippen MR) is 134 cm³/mol. The summed E-state index contributed by atoms with van der Waals surface area (Å²) in [6, 6.07) is 0. The van der Waals surface area contributed by atoms with Gasteiger partial charge in [-0.05, 0) is 0 Å². The molecule has 4 aliphatic rings. The van der Waals surface area contributed by atoms with Crippen molar-refractivity contribution in [3.63, 3.8) is 0 Å². The Morgan fingerprint density at radius 2 is 0.778 bits per heavy atom. The molecule has 264 valence electrons. The van der Waals surface area contributed by atoms with Gasteiger partial charge in [0.25, 0.3) is 0 Å². The zero-order valence-corrected chi connectivity index (χ0v) is 23.5. The van der Waals surface area contributed by atoms with Crippen LogP contribution in [0.1, 0.15) is 0 Å². The largest absolute Gasteiger partial charge is 0.394 e. The summed E-state index contributed by atoms with van der Waals surface area (Å²) >= 11 is 0. The molecular formula is C24H42O21. The number of ether oxygens (including phenoxy) is 7. The summed E-state index contributed by atoms with van der Waals surface area (Å²) in [6.45, 7) is -2.90. The van der Waals surface area contributed by atoms with Gasteiger partial charge in [0.15, 0.2) is 25.2 Å². The van der Waals surface area contributed by atoms with Crippen LogP contribution in [0.25, 0.3) is 0 Å². The lowest BCUT2D eigenvalue weighted by Gasteiger charge is -2.46. The van der Waals surface area contributed by atoms with Gasteiger partial charge in [0, 0.05) is 0 Å². The van der Waals surface area contributed by atoms with Crippen LogP contribution in [0, 0.1) is 0 Å². The summed E-state index contributed by atoms with van der Waals surface area (Å²) in [5, 5.41) is 141. The topological polar surface area (TPSA) is 348 Å². The SMILES string of the molecule is OC[C@@H]1O[C@H](OC[C@H]2O[C@@H](O[C@H]3[C@@H](O)[C@H](O)[C@@H](O)O[C@@H]3CO[C@@H]3O[C@H](CO)[C@@H](O)[C@@H](O)[C@@H]3O)[C@@H](O)[C@H](O)[C@@H]2O)[C@@H](O)[C@H](O)[C@H]1O. The van der Waals surface area contributed by atoms with Gasteiger partial charge in [-0.3, -0.25) is 0 Å². The maximum atomic E-state index is 10.7. The summed E-state index contributed by atoms with van der Waals surface area (Å²) in [7, 11) is 0. The zero-order chi connectivity index (χ0) is 33.3. The number of hydrogen-bond donors (Lipinski definition) is 14. The smallest absolute Gasteiger partial charge is 0.187 e. The molecule has 21 nitrogen and oxygen atoms in total. The third-order valence-corrected chi connectivity index (χ3v) is 8.17. The molecule has 0 saturated carbocycles. The second-order valence-corrected chi connectivity index (χ2v) is 11.2. The number of aliphatic hydroxyl groups excluding tert-OH is 14. The maximum Gasteiger partial charge on any atom is 0.187 e. The van der Waals surface area contributed by atoms with E-state index in [1.54, 1.807) is 0 Å². The van der Waals surface area contributed by atoms with Crippen LogP contribution in [0.4, 0.5) is 0 Å². The monoisotopic (exact) mass is 666 g/mol. The summed E-state index contributed by atoms with van der Waals surface area (Å²) in [5.41, 5.74) is 0. The molecule has 0 aromatic rings. The Hall–Kier alpha value is -0.840. The number of rotatable bonds is 10. The molecule has 14 N–H and O–H groups in total. The van der Waals surface area contributed by atoms with E-state index in [0.717, 1.165) is 0 Å². The lowest BCUT2D eigenvalue weighted by molar-refractivity contribution is -0.368. The second-order valence-electron chi connectivity index (χ2n) is 11.2. The summed E-state index contributed by atoms with van der Waals surface area (Å²) in [4.78, 5) is 0. The van der Waals surface area contributed by atoms with Crippen molar-refractivity contribution in [3.05, 3.63) is 0 Å². The van der Waals surface area contributed by atoms with E-state index in [0.29, 0.717) is 0 Å². The molecule has 4 fully saturated rings. The minimum atomic E-state index is -1.99. The Bertz CT molecular complexity index is 914. The van der Waals surface area contributed by atoms with Gasteiger partial charge in [-0.15, -0.1) is 0 Å². The van der Waals surface area contributed by atoms with Crippen LogP contribution in [-0.4, -0.2) is 221 Å². The van der Waals surface area contributed by atoms with Crippen molar-refractivity contribution in [2.75, 3.05) is 26.4 Å². The van der Waals surface area contributed by atoms with Crippen LogP contribution < -0.4 is 0 Å². The van der Waals surface area contributed by atoms with Gasteiger partial charge >= 0.3 is 0 Å². The molecule has 0 unspecified atom stereocenters. The van der Waals surface area contributed by atoms with Crippen molar-refractivity contribution in [2.24, 2.45) is 0 Å². The van der Waals surface area contributed by atoms with E-state index in [-0.39, 0.29) is 0 Å². The van der Waals surface area contributed by atoms with Crippen molar-refractivity contribution in [3.8, 4) is 0 Å². The summed E-state index contributed by atoms with van der Waals surface area (Å²) in [5.74, 6) is 0. The van der Waals surface area contributed by atoms with E-state index in [2.05, 4.69) is 0 Å². The van der Waals surface area contributed by atoms with Gasteiger partial charge in [-0.1, -0.05) is 0 Å². The minimum Gasteiger partial charge on any atom is -0.394 e. The first-order valence-electron chi connectivity index (χ1n) is 14.1. The van der Waals surface area contributed by atoms with Gasteiger partial charge in [-0.25, -0.2) is 0 Å². The molecule has 4 saturated heterocycles. The number of aliphatic hydroxyl groups is 14. The third kappa shape index (κ3) is 7.75. The molecule has 0 amide bonds. The van der Waals surface area contributed by atoms with E-state index in [4.69, 9.17) is 33.2 Å². The summed E-state index contributed by atoms with van der Waals surface area (Å²) < 4.78 is 37.6. The Morgan fingerprint density at radius 3 is 1.24 bits per heavy atom. The van der Waals surface area contributed by atoms with Gasteiger partial charge in [0.05, 0.1) is 26.4 Å². The molecular weight excluding hydrogens is 624 g/mol. The van der Waals surface area contributed by atoms with Crippen molar-refractivity contribution in [2.45, 2.75) is 123 Å². The first kappa shape index (κ1) is 37.0. The Kier molecular flexibility index (Phi) is 12.8. The molecule has 21 heteroatoms. The fourth-order valence-electron chi connectivity index (χ4n) is 5.33. The lowest BCUT2D eigenvalue weighted by atomic mass is 9.96. The van der Waals surface area contributed by atoms with E-state index in [1.165, 1.54) is 0 Å². The fourth-order valence-corrected chi connectivity index (χ4v) is 5.33. The van der Waals surface area contributed by atoms with Gasteiger partial charge in [-0.2, -0.15) is 0 Å². The Labute approximate surface area is 254 Å². The quantitative estimate of drug-likeness (QED) is 0.103. The van der Waals surface area contributed by atoms with E-state index in [1.807, 2.05) is 0 Å². The maximum absolute atomic E-state index is 10.7. The Balaban J connectivity index is 1.43. The van der Waals surface area contributed by atoms with Crippen LogP contribution in [0.2, 0.25) is 0 Å². The van der Waals surface area contributed by atoms with E-state index < -0.39 is 149 Å². The van der Waals surface area contributed by atoms with Crippen molar-refractivity contribution < 1.29 is 105 Å². The van der Waals surface area contributed by atoms with Gasteiger partial charge in [0.2, 0.25) is 0 Å². The molecule has 0 spiro atoms. The molecule has 4 aliphatic heterocycles. The van der Waals surface area contributed by atoms with Gasteiger partial charge < -0.3 is 105 Å². The molecule has 4 rings (SSSR count). The van der Waals surface area contributed by atoms with Crippen LogP contribution in [0.15, 0.2) is 0 Å². The molecule has 20 atom stereocenters. The number of hydrogen-bond acceptors (Lipinski definition) is 21. The molecule has 0 aromatic carbocycles. The highest BCUT2D eigenvalue weighted by molar-refractivity contribution is 4.95. The van der Waals surface area contributed by atoms with Crippen LogP contribution in [0.3, 0.4) is 0 Å². The highest BCUT2D eigenvalue weighted by atomic mass is 16.8.